The first-order chi connectivity index (χ1) is 16.6. The number of carbonyl (C=O) groups excluding carboxylic acids is 3. The van der Waals surface area contributed by atoms with E-state index in [0.717, 1.165) is 28.4 Å². The molecule has 0 aliphatic carbocycles. The van der Waals surface area contributed by atoms with Gasteiger partial charge in [0.1, 0.15) is 6.04 Å². The summed E-state index contributed by atoms with van der Waals surface area (Å²) in [6, 6.07) is 20.4. The van der Waals surface area contributed by atoms with Crippen molar-refractivity contribution < 1.29 is 19.1 Å². The second-order valence-electron chi connectivity index (χ2n) is 8.68. The molecule has 0 radical (unpaired) electrons. The van der Waals surface area contributed by atoms with E-state index in [4.69, 9.17) is 4.74 Å². The van der Waals surface area contributed by atoms with Gasteiger partial charge in [-0.3, -0.25) is 14.5 Å². The number of rotatable bonds is 4. The van der Waals surface area contributed by atoms with Crippen LogP contribution in [0.4, 0.5) is 5.69 Å². The summed E-state index contributed by atoms with van der Waals surface area (Å²) in [5.41, 5.74) is 3.98. The fourth-order valence-corrected chi connectivity index (χ4v) is 5.28. The molecule has 1 fully saturated rings. The third-order valence-electron chi connectivity index (χ3n) is 6.83. The number of benzene rings is 3. The maximum Gasteiger partial charge on any atom is 0.340 e. The number of ether oxygens (including phenoxy) is 1. The summed E-state index contributed by atoms with van der Waals surface area (Å²) in [5, 5.41) is 5.19. The van der Waals surface area contributed by atoms with Crippen molar-refractivity contribution in [2.24, 2.45) is 0 Å². The standard InChI is InChI=1S/C27H23N3O4/c1-2-29-21-10-6-5-7-17(21)20-15-16(11-12-22(20)29)28-25(32)23-13-14-24(31)30(23)26-18-8-3-4-9-19(18)27(33)34-26/h3-12,15,23,26H,2,13-14H2,1H3,(H,28,32)/t23-,26?/m0/s1. The quantitative estimate of drug-likeness (QED) is 0.458. The minimum Gasteiger partial charge on any atom is -0.433 e. The smallest absolute Gasteiger partial charge is 0.340 e. The van der Waals surface area contributed by atoms with E-state index >= 15 is 0 Å². The van der Waals surface area contributed by atoms with E-state index in [1.54, 1.807) is 24.3 Å². The van der Waals surface area contributed by atoms with Crippen molar-refractivity contribution in [1.82, 2.24) is 9.47 Å². The number of aromatic nitrogens is 1. The highest BCUT2D eigenvalue weighted by Crippen LogP contribution is 2.38. The van der Waals surface area contributed by atoms with Crippen molar-refractivity contribution in [2.75, 3.05) is 5.32 Å². The summed E-state index contributed by atoms with van der Waals surface area (Å²) >= 11 is 0. The molecule has 7 heteroatoms. The molecule has 2 aliphatic rings. The second-order valence-corrected chi connectivity index (χ2v) is 8.68. The molecule has 0 spiro atoms. The topological polar surface area (TPSA) is 80.6 Å². The van der Waals surface area contributed by atoms with Crippen LogP contribution in [-0.4, -0.2) is 33.3 Å². The minimum absolute atomic E-state index is 0.198. The Morgan fingerprint density at radius 3 is 2.62 bits per heavy atom. The Balaban J connectivity index is 1.31. The van der Waals surface area contributed by atoms with Crippen LogP contribution in [0.1, 0.15) is 41.9 Å². The minimum atomic E-state index is -0.876. The van der Waals surface area contributed by atoms with Crippen molar-refractivity contribution in [3.8, 4) is 0 Å². The molecule has 1 N–H and O–H groups in total. The van der Waals surface area contributed by atoms with Crippen molar-refractivity contribution in [3.63, 3.8) is 0 Å². The number of nitrogens with one attached hydrogen (secondary N) is 1. The maximum absolute atomic E-state index is 13.3. The largest absolute Gasteiger partial charge is 0.433 e. The number of amides is 2. The van der Waals surface area contributed by atoms with Gasteiger partial charge in [0.15, 0.2) is 0 Å². The zero-order chi connectivity index (χ0) is 23.4. The van der Waals surface area contributed by atoms with Crippen LogP contribution in [0.2, 0.25) is 0 Å². The Morgan fingerprint density at radius 2 is 1.76 bits per heavy atom. The highest BCUT2D eigenvalue weighted by molar-refractivity contribution is 6.10. The van der Waals surface area contributed by atoms with Crippen LogP contribution >= 0.6 is 0 Å². The maximum atomic E-state index is 13.3. The van der Waals surface area contributed by atoms with Gasteiger partial charge in [0.2, 0.25) is 18.0 Å². The Hall–Kier alpha value is -4.13. The van der Waals surface area contributed by atoms with Gasteiger partial charge in [-0.15, -0.1) is 0 Å². The number of hydrogen-bond acceptors (Lipinski definition) is 4. The summed E-state index contributed by atoms with van der Waals surface area (Å²) < 4.78 is 7.77. The molecule has 1 saturated heterocycles. The lowest BCUT2D eigenvalue weighted by molar-refractivity contribution is -0.144. The molecular formula is C27H23N3O4. The van der Waals surface area contributed by atoms with E-state index in [1.807, 2.05) is 30.3 Å². The van der Waals surface area contributed by atoms with Gasteiger partial charge in [0, 0.05) is 46.0 Å². The predicted octanol–water partition coefficient (Wildman–Crippen LogP) is 4.61. The van der Waals surface area contributed by atoms with Crippen LogP contribution in [0.25, 0.3) is 21.8 Å². The van der Waals surface area contributed by atoms with Crippen molar-refractivity contribution in [1.29, 1.82) is 0 Å². The summed E-state index contributed by atoms with van der Waals surface area (Å²) in [6.07, 6.45) is -0.269. The van der Waals surface area contributed by atoms with Gasteiger partial charge in [0.25, 0.3) is 0 Å². The number of carbonyl (C=O) groups is 3. The molecule has 34 heavy (non-hydrogen) atoms. The third-order valence-corrected chi connectivity index (χ3v) is 6.83. The van der Waals surface area contributed by atoms with Crippen LogP contribution in [0, 0.1) is 0 Å². The van der Waals surface area contributed by atoms with E-state index in [-0.39, 0.29) is 18.2 Å². The van der Waals surface area contributed by atoms with Gasteiger partial charge in [0.05, 0.1) is 5.56 Å². The molecule has 1 aromatic heterocycles. The number of para-hydroxylation sites is 1. The number of nitrogens with zero attached hydrogens (tertiary/aromatic N) is 2. The van der Waals surface area contributed by atoms with Gasteiger partial charge in [-0.1, -0.05) is 36.4 Å². The van der Waals surface area contributed by atoms with Crippen LogP contribution in [0.3, 0.4) is 0 Å². The van der Waals surface area contributed by atoms with Gasteiger partial charge in [-0.05, 0) is 43.7 Å². The van der Waals surface area contributed by atoms with Crippen LogP contribution in [0.15, 0.2) is 66.7 Å². The van der Waals surface area contributed by atoms with Gasteiger partial charge in [-0.2, -0.15) is 0 Å². The normalized spacial score (nSPS) is 19.6. The van der Waals surface area contributed by atoms with Crippen molar-refractivity contribution >= 4 is 45.3 Å². The SMILES string of the molecule is CCn1c2ccccc2c2cc(NC(=O)[C@@H]3CCC(=O)N3C3OC(=O)c4ccccc43)ccc21. The van der Waals surface area contributed by atoms with Crippen molar-refractivity contribution in [2.45, 2.75) is 38.6 Å². The molecule has 1 unspecified atom stereocenters. The first-order valence-electron chi connectivity index (χ1n) is 11.5. The van der Waals surface area contributed by atoms with E-state index in [9.17, 15) is 14.4 Å². The fourth-order valence-electron chi connectivity index (χ4n) is 5.28. The fraction of sp³-hybridized carbons (Fsp3) is 0.222. The van der Waals surface area contributed by atoms with Crippen LogP contribution < -0.4 is 5.32 Å². The molecule has 3 aromatic carbocycles. The van der Waals surface area contributed by atoms with E-state index in [0.29, 0.717) is 23.2 Å². The molecule has 3 heterocycles. The lowest BCUT2D eigenvalue weighted by Crippen LogP contribution is -2.43. The first-order valence-corrected chi connectivity index (χ1v) is 11.5. The summed E-state index contributed by atoms with van der Waals surface area (Å²) in [6.45, 7) is 2.96. The number of hydrogen-bond donors (Lipinski definition) is 1. The molecule has 7 nitrogen and oxygen atoms in total. The van der Waals surface area contributed by atoms with Gasteiger partial charge < -0.3 is 14.6 Å². The molecule has 0 saturated carbocycles. The Bertz CT molecular complexity index is 1490. The summed E-state index contributed by atoms with van der Waals surface area (Å²) in [7, 11) is 0. The van der Waals surface area contributed by atoms with E-state index < -0.39 is 18.2 Å². The number of fused-ring (bicyclic) bond motifs is 4. The highest BCUT2D eigenvalue weighted by atomic mass is 16.6. The third kappa shape index (κ3) is 3.00. The first kappa shape index (κ1) is 20.5. The number of anilines is 1. The lowest BCUT2D eigenvalue weighted by Gasteiger charge is -2.29. The van der Waals surface area contributed by atoms with Crippen LogP contribution in [0.5, 0.6) is 0 Å². The summed E-state index contributed by atoms with van der Waals surface area (Å²) in [4.78, 5) is 39.8. The highest BCUT2D eigenvalue weighted by Gasteiger charge is 2.46. The Kier molecular flexibility index (Phi) is 4.65. The molecule has 2 atom stereocenters. The molecule has 6 rings (SSSR count). The molecule has 170 valence electrons. The second kappa shape index (κ2) is 7.73. The molecule has 4 aromatic rings. The van der Waals surface area contributed by atoms with E-state index in [1.165, 1.54) is 4.90 Å². The Labute approximate surface area is 195 Å². The monoisotopic (exact) mass is 453 g/mol. The average Bonchev–Trinajstić information content (AvgIpc) is 3.50. The van der Waals surface area contributed by atoms with E-state index in [2.05, 4.69) is 28.9 Å². The van der Waals surface area contributed by atoms with Gasteiger partial charge in [-0.25, -0.2) is 4.79 Å². The van der Waals surface area contributed by atoms with Crippen LogP contribution in [-0.2, 0) is 20.9 Å². The average molecular weight is 453 g/mol. The molecule has 2 amide bonds. The lowest BCUT2D eigenvalue weighted by atomic mass is 10.1. The number of cyclic esters (lactones) is 1. The molecule has 2 aliphatic heterocycles. The van der Waals surface area contributed by atoms with Gasteiger partial charge >= 0.3 is 5.97 Å². The number of likely N-dealkylation sites (tertiary alicyclic amines) is 1. The zero-order valence-corrected chi connectivity index (χ0v) is 18.7. The Morgan fingerprint density at radius 1 is 1.00 bits per heavy atom. The molecular weight excluding hydrogens is 430 g/mol. The predicted molar refractivity (Wildman–Crippen MR) is 128 cm³/mol. The molecule has 0 bridgehead atoms. The zero-order valence-electron chi connectivity index (χ0n) is 18.7. The summed E-state index contributed by atoms with van der Waals surface area (Å²) in [5.74, 6) is -0.960. The number of esters is 1. The van der Waals surface area contributed by atoms with Crippen molar-refractivity contribution in [3.05, 3.63) is 77.9 Å². The number of aryl methyl sites for hydroxylation is 1.